The molecule has 0 bridgehead atoms. The average Bonchev–Trinajstić information content (AvgIpc) is 3.01. The zero-order valence-electron chi connectivity index (χ0n) is 12.6. The molecular weight excluding hydrogens is 294 g/mol. The Morgan fingerprint density at radius 2 is 1.96 bits per heavy atom. The van der Waals surface area contributed by atoms with Gasteiger partial charge in [-0.2, -0.15) is 15.5 Å². The first-order valence-electron chi connectivity index (χ1n) is 6.99. The normalized spacial score (nSPS) is 10.4. The molecule has 0 aliphatic rings. The molecule has 1 heterocycles. The van der Waals surface area contributed by atoms with E-state index in [2.05, 4.69) is 20.2 Å². The molecule has 1 aromatic heterocycles. The lowest BCUT2D eigenvalue weighted by Gasteiger charge is -2.21. The largest absolute Gasteiger partial charge is 0.395 e. The van der Waals surface area contributed by atoms with Gasteiger partial charge in [0.05, 0.1) is 12.3 Å². The Kier molecular flexibility index (Phi) is 5.40. The minimum absolute atomic E-state index is 0.000566. The van der Waals surface area contributed by atoms with Crippen LogP contribution in [0.4, 0.5) is 17.3 Å². The smallest absolute Gasteiger partial charge is 0.249 e. The summed E-state index contributed by atoms with van der Waals surface area (Å²) in [6, 6.07) is 11.0. The highest BCUT2D eigenvalue weighted by atomic mass is 16.3. The number of benzene rings is 1. The number of H-pyrrole nitrogens is 1. The van der Waals surface area contributed by atoms with Crippen LogP contribution in [-0.2, 0) is 0 Å². The number of aromatic nitrogens is 2. The van der Waals surface area contributed by atoms with Crippen LogP contribution in [-0.4, -0.2) is 34.8 Å². The van der Waals surface area contributed by atoms with E-state index in [-0.39, 0.29) is 23.9 Å². The predicted molar refractivity (Wildman–Crippen MR) is 83.6 cm³/mol. The van der Waals surface area contributed by atoms with Gasteiger partial charge in [0.15, 0.2) is 11.4 Å². The summed E-state index contributed by atoms with van der Waals surface area (Å²) in [5, 5.41) is 34.6. The number of rotatable bonds is 6. The van der Waals surface area contributed by atoms with Crippen LogP contribution in [0.3, 0.4) is 0 Å². The molecule has 0 spiro atoms. The van der Waals surface area contributed by atoms with Gasteiger partial charge >= 0.3 is 0 Å². The van der Waals surface area contributed by atoms with Crippen molar-refractivity contribution in [2.24, 2.45) is 10.2 Å². The Bertz CT molecular complexity index is 733. The van der Waals surface area contributed by atoms with Crippen molar-refractivity contribution in [1.82, 2.24) is 9.97 Å². The zero-order chi connectivity index (χ0) is 16.7. The highest BCUT2D eigenvalue weighted by Crippen LogP contribution is 2.21. The fourth-order valence-corrected chi connectivity index (χ4v) is 2.00. The second-order valence-electron chi connectivity index (χ2n) is 4.53. The van der Waals surface area contributed by atoms with Gasteiger partial charge in [-0.15, -0.1) is 10.2 Å². The SMILES string of the molecule is CCN(CCO)c1ccc(N=Nc2nc(C#N)c(C#N)[nH]2)cc1. The van der Waals surface area contributed by atoms with Crippen LogP contribution in [0.5, 0.6) is 0 Å². The number of aromatic amines is 1. The first-order chi connectivity index (χ1) is 11.2. The van der Waals surface area contributed by atoms with E-state index in [4.69, 9.17) is 15.6 Å². The van der Waals surface area contributed by atoms with Gasteiger partial charge in [-0.25, -0.2) is 0 Å². The van der Waals surface area contributed by atoms with Crippen molar-refractivity contribution in [1.29, 1.82) is 10.5 Å². The molecule has 116 valence electrons. The van der Waals surface area contributed by atoms with Crippen LogP contribution in [0.1, 0.15) is 18.3 Å². The molecule has 0 aliphatic carbocycles. The van der Waals surface area contributed by atoms with Crippen LogP contribution in [0.2, 0.25) is 0 Å². The minimum Gasteiger partial charge on any atom is -0.395 e. The summed E-state index contributed by atoms with van der Waals surface area (Å²) in [4.78, 5) is 8.51. The molecule has 23 heavy (non-hydrogen) atoms. The van der Waals surface area contributed by atoms with Crippen molar-refractivity contribution in [3.8, 4) is 12.1 Å². The Hall–Kier alpha value is -3.23. The molecule has 0 saturated carbocycles. The van der Waals surface area contributed by atoms with Crippen LogP contribution in [0.15, 0.2) is 34.5 Å². The molecular formula is C15H15N7O. The Balaban J connectivity index is 2.13. The second-order valence-corrected chi connectivity index (χ2v) is 4.53. The van der Waals surface area contributed by atoms with Crippen molar-refractivity contribution in [3.05, 3.63) is 35.7 Å². The maximum atomic E-state index is 9.03. The Morgan fingerprint density at radius 3 is 2.48 bits per heavy atom. The fraction of sp³-hybridized carbons (Fsp3) is 0.267. The van der Waals surface area contributed by atoms with Gasteiger partial charge < -0.3 is 15.0 Å². The molecule has 0 amide bonds. The number of nitriles is 2. The zero-order valence-corrected chi connectivity index (χ0v) is 12.6. The Morgan fingerprint density at radius 1 is 1.22 bits per heavy atom. The van der Waals surface area contributed by atoms with Gasteiger partial charge in [0.25, 0.3) is 0 Å². The third-order valence-corrected chi connectivity index (χ3v) is 3.14. The van der Waals surface area contributed by atoms with Crippen LogP contribution in [0, 0.1) is 22.7 Å². The molecule has 8 heteroatoms. The van der Waals surface area contributed by atoms with Crippen LogP contribution >= 0.6 is 0 Å². The maximum absolute atomic E-state index is 9.03. The summed E-state index contributed by atoms with van der Waals surface area (Å²) in [7, 11) is 0. The van der Waals surface area contributed by atoms with Gasteiger partial charge in [-0.1, -0.05) is 0 Å². The summed E-state index contributed by atoms with van der Waals surface area (Å²) < 4.78 is 0. The van der Waals surface area contributed by atoms with Crippen molar-refractivity contribution >= 4 is 17.3 Å². The number of aliphatic hydroxyl groups is 1. The van der Waals surface area contributed by atoms with E-state index < -0.39 is 0 Å². The first kappa shape index (κ1) is 16.1. The monoisotopic (exact) mass is 309 g/mol. The van der Waals surface area contributed by atoms with E-state index in [1.54, 1.807) is 12.1 Å². The van der Waals surface area contributed by atoms with E-state index in [9.17, 15) is 0 Å². The number of nitrogens with zero attached hydrogens (tertiary/aromatic N) is 6. The highest BCUT2D eigenvalue weighted by molar-refractivity contribution is 5.52. The van der Waals surface area contributed by atoms with Crippen molar-refractivity contribution < 1.29 is 5.11 Å². The molecule has 0 aliphatic heterocycles. The summed E-state index contributed by atoms with van der Waals surface area (Å²) in [5.41, 5.74) is 1.66. The van der Waals surface area contributed by atoms with Crippen molar-refractivity contribution in [3.63, 3.8) is 0 Å². The summed E-state index contributed by atoms with van der Waals surface area (Å²) in [6.45, 7) is 3.47. The predicted octanol–water partition coefficient (Wildman–Crippen LogP) is 2.39. The molecule has 2 aromatic rings. The van der Waals surface area contributed by atoms with E-state index in [1.165, 1.54) is 0 Å². The van der Waals surface area contributed by atoms with Gasteiger partial charge in [0.2, 0.25) is 5.95 Å². The minimum atomic E-state index is -0.000566. The molecule has 0 unspecified atom stereocenters. The lowest BCUT2D eigenvalue weighted by Crippen LogP contribution is -2.25. The number of nitrogens with one attached hydrogen (secondary N) is 1. The van der Waals surface area contributed by atoms with E-state index in [1.807, 2.05) is 36.1 Å². The van der Waals surface area contributed by atoms with Gasteiger partial charge in [-0.3, -0.25) is 0 Å². The van der Waals surface area contributed by atoms with Gasteiger partial charge in [0.1, 0.15) is 12.1 Å². The quantitative estimate of drug-likeness (QED) is 0.792. The third-order valence-electron chi connectivity index (χ3n) is 3.14. The number of azo groups is 1. The lowest BCUT2D eigenvalue weighted by atomic mass is 10.2. The molecule has 2 N–H and O–H groups in total. The number of anilines is 1. The molecule has 0 saturated heterocycles. The van der Waals surface area contributed by atoms with E-state index in [0.29, 0.717) is 12.2 Å². The Labute approximate surface area is 133 Å². The van der Waals surface area contributed by atoms with Crippen LogP contribution in [0.25, 0.3) is 0 Å². The standard InChI is InChI=1S/C15H15N7O/c1-2-22(7-8-23)12-5-3-11(4-6-12)20-21-15-18-13(9-16)14(10-17)19-15/h3-6,23H,2,7-8H2,1H3,(H,18,19). The average molecular weight is 309 g/mol. The maximum Gasteiger partial charge on any atom is 0.249 e. The summed E-state index contributed by atoms with van der Waals surface area (Å²) in [5.74, 6) is 0.109. The molecule has 0 radical (unpaired) electrons. The summed E-state index contributed by atoms with van der Waals surface area (Å²) >= 11 is 0. The van der Waals surface area contributed by atoms with E-state index in [0.717, 1.165) is 12.2 Å². The van der Waals surface area contributed by atoms with E-state index >= 15 is 0 Å². The number of hydrogen-bond acceptors (Lipinski definition) is 7. The van der Waals surface area contributed by atoms with Crippen molar-refractivity contribution in [2.75, 3.05) is 24.6 Å². The van der Waals surface area contributed by atoms with Gasteiger partial charge in [0, 0.05) is 18.8 Å². The van der Waals surface area contributed by atoms with Crippen LogP contribution < -0.4 is 4.90 Å². The topological polar surface area (TPSA) is 124 Å². The van der Waals surface area contributed by atoms with Gasteiger partial charge in [-0.05, 0) is 31.2 Å². The number of likely N-dealkylation sites (N-methyl/N-ethyl adjacent to an activating group) is 1. The number of imidazole rings is 1. The third kappa shape index (κ3) is 3.90. The second kappa shape index (κ2) is 7.69. The first-order valence-corrected chi connectivity index (χ1v) is 6.99. The molecule has 2 rings (SSSR count). The lowest BCUT2D eigenvalue weighted by molar-refractivity contribution is 0.302. The summed E-state index contributed by atoms with van der Waals surface area (Å²) in [6.07, 6.45) is 0. The fourth-order valence-electron chi connectivity index (χ4n) is 2.00. The number of aliphatic hydroxyl groups excluding tert-OH is 1. The molecule has 1 aromatic carbocycles. The van der Waals surface area contributed by atoms with Crippen molar-refractivity contribution in [2.45, 2.75) is 6.92 Å². The highest BCUT2D eigenvalue weighted by Gasteiger charge is 2.08. The number of hydrogen-bond donors (Lipinski definition) is 2. The molecule has 8 nitrogen and oxygen atoms in total. The molecule has 0 fully saturated rings. The molecule has 0 atom stereocenters.